The van der Waals surface area contributed by atoms with Crippen LogP contribution in [0.15, 0.2) is 33.2 Å². The van der Waals surface area contributed by atoms with Crippen LogP contribution in [0, 0.1) is 0 Å². The van der Waals surface area contributed by atoms with Crippen molar-refractivity contribution in [3.8, 4) is 0 Å². The molecule has 0 aliphatic heterocycles. The summed E-state index contributed by atoms with van der Waals surface area (Å²) in [6, 6.07) is 8.01. The van der Waals surface area contributed by atoms with Gasteiger partial charge in [-0.2, -0.15) is 0 Å². The number of furan rings is 1. The van der Waals surface area contributed by atoms with Crippen LogP contribution in [0.25, 0.3) is 11.0 Å². The van der Waals surface area contributed by atoms with Gasteiger partial charge in [-0.3, -0.25) is 0 Å². The van der Waals surface area contributed by atoms with Crippen LogP contribution in [0.2, 0.25) is 0 Å². The SMILES string of the molecule is CC(C)(C)Nc1cc2cc(Br)ccc2o1. The third kappa shape index (κ3) is 2.53. The van der Waals surface area contributed by atoms with Crippen LogP contribution < -0.4 is 5.32 Å². The lowest BCUT2D eigenvalue weighted by atomic mass is 10.1. The van der Waals surface area contributed by atoms with Crippen LogP contribution in [0.3, 0.4) is 0 Å². The molecule has 0 radical (unpaired) electrons. The van der Waals surface area contributed by atoms with Crippen molar-refractivity contribution >= 4 is 32.8 Å². The Kier molecular flexibility index (Phi) is 2.51. The van der Waals surface area contributed by atoms with Gasteiger partial charge in [0.25, 0.3) is 0 Å². The predicted molar refractivity (Wildman–Crippen MR) is 67.3 cm³/mol. The van der Waals surface area contributed by atoms with E-state index in [2.05, 4.69) is 42.0 Å². The summed E-state index contributed by atoms with van der Waals surface area (Å²) in [5.74, 6) is 0.815. The fourth-order valence-electron chi connectivity index (χ4n) is 1.45. The van der Waals surface area contributed by atoms with Crippen LogP contribution >= 0.6 is 15.9 Å². The molecule has 0 saturated carbocycles. The van der Waals surface area contributed by atoms with Crippen molar-refractivity contribution in [3.63, 3.8) is 0 Å². The zero-order valence-corrected chi connectivity index (χ0v) is 10.7. The molecule has 0 amide bonds. The predicted octanol–water partition coefficient (Wildman–Crippen LogP) is 4.41. The van der Waals surface area contributed by atoms with Gasteiger partial charge in [0.15, 0.2) is 5.88 Å². The highest BCUT2D eigenvalue weighted by Gasteiger charge is 2.12. The van der Waals surface area contributed by atoms with Crippen molar-refractivity contribution in [2.45, 2.75) is 26.3 Å². The Labute approximate surface area is 97.8 Å². The maximum atomic E-state index is 5.67. The second-order valence-corrected chi connectivity index (χ2v) is 5.58. The second-order valence-electron chi connectivity index (χ2n) is 4.67. The van der Waals surface area contributed by atoms with Crippen LogP contribution in [-0.2, 0) is 0 Å². The number of benzene rings is 1. The van der Waals surface area contributed by atoms with Crippen molar-refractivity contribution in [1.82, 2.24) is 0 Å². The number of fused-ring (bicyclic) bond motifs is 1. The highest BCUT2D eigenvalue weighted by Crippen LogP contribution is 2.27. The summed E-state index contributed by atoms with van der Waals surface area (Å²) in [6.07, 6.45) is 0. The average molecular weight is 268 g/mol. The fraction of sp³-hybridized carbons (Fsp3) is 0.333. The molecule has 0 saturated heterocycles. The topological polar surface area (TPSA) is 25.2 Å². The van der Waals surface area contributed by atoms with E-state index in [0.29, 0.717) is 0 Å². The van der Waals surface area contributed by atoms with Gasteiger partial charge in [0.2, 0.25) is 0 Å². The summed E-state index contributed by atoms with van der Waals surface area (Å²) in [5, 5.41) is 4.42. The van der Waals surface area contributed by atoms with Crippen molar-refractivity contribution in [1.29, 1.82) is 0 Å². The highest BCUT2D eigenvalue weighted by molar-refractivity contribution is 9.10. The Morgan fingerprint density at radius 2 is 1.93 bits per heavy atom. The average Bonchev–Trinajstić information content (AvgIpc) is 2.42. The summed E-state index contributed by atoms with van der Waals surface area (Å²) in [7, 11) is 0. The van der Waals surface area contributed by atoms with Crippen molar-refractivity contribution in [2.75, 3.05) is 5.32 Å². The van der Waals surface area contributed by atoms with Gasteiger partial charge in [0.1, 0.15) is 5.58 Å². The van der Waals surface area contributed by atoms with Crippen LogP contribution in [0.5, 0.6) is 0 Å². The molecule has 2 rings (SSSR count). The lowest BCUT2D eigenvalue weighted by molar-refractivity contribution is 0.565. The minimum atomic E-state index is 0.0190. The summed E-state index contributed by atoms with van der Waals surface area (Å²) >= 11 is 3.44. The molecule has 1 N–H and O–H groups in total. The van der Waals surface area contributed by atoms with Gasteiger partial charge in [-0.05, 0) is 39.0 Å². The standard InChI is InChI=1S/C12H14BrNO/c1-12(2,3)14-11-7-8-6-9(13)4-5-10(8)15-11/h4-7,14H,1-3H3. The van der Waals surface area contributed by atoms with E-state index in [1.165, 1.54) is 0 Å². The number of nitrogens with one attached hydrogen (secondary N) is 1. The van der Waals surface area contributed by atoms with Gasteiger partial charge in [-0.25, -0.2) is 0 Å². The first-order valence-corrected chi connectivity index (χ1v) is 5.71. The Bertz CT molecular complexity index is 482. The van der Waals surface area contributed by atoms with Crippen molar-refractivity contribution in [2.24, 2.45) is 0 Å². The maximum Gasteiger partial charge on any atom is 0.194 e. The van der Waals surface area contributed by atoms with E-state index < -0.39 is 0 Å². The van der Waals surface area contributed by atoms with Gasteiger partial charge in [-0.1, -0.05) is 15.9 Å². The minimum Gasteiger partial charge on any atom is -0.441 e. The smallest absolute Gasteiger partial charge is 0.194 e. The maximum absolute atomic E-state index is 5.67. The normalized spacial score (nSPS) is 12.0. The van der Waals surface area contributed by atoms with Gasteiger partial charge < -0.3 is 9.73 Å². The van der Waals surface area contributed by atoms with Crippen LogP contribution in [-0.4, -0.2) is 5.54 Å². The molecule has 0 atom stereocenters. The Balaban J connectivity index is 2.39. The van der Waals surface area contributed by atoms with E-state index in [1.54, 1.807) is 0 Å². The Morgan fingerprint density at radius 3 is 2.60 bits per heavy atom. The quantitative estimate of drug-likeness (QED) is 0.828. The van der Waals surface area contributed by atoms with Crippen LogP contribution in [0.4, 0.5) is 5.88 Å². The molecule has 0 fully saturated rings. The molecule has 0 unspecified atom stereocenters. The van der Waals surface area contributed by atoms with Gasteiger partial charge in [0.05, 0.1) is 0 Å². The molecule has 0 aliphatic rings. The van der Waals surface area contributed by atoms with Crippen LogP contribution in [0.1, 0.15) is 20.8 Å². The van der Waals surface area contributed by atoms with E-state index in [9.17, 15) is 0 Å². The molecule has 1 heterocycles. The van der Waals surface area contributed by atoms with E-state index in [-0.39, 0.29) is 5.54 Å². The first-order chi connectivity index (χ1) is 6.94. The summed E-state index contributed by atoms with van der Waals surface area (Å²) in [5.41, 5.74) is 0.926. The van der Waals surface area contributed by atoms with E-state index in [4.69, 9.17) is 4.42 Å². The molecular formula is C12H14BrNO. The third-order valence-electron chi connectivity index (χ3n) is 1.98. The molecule has 0 bridgehead atoms. The number of hydrogen-bond acceptors (Lipinski definition) is 2. The zero-order valence-electron chi connectivity index (χ0n) is 9.10. The highest BCUT2D eigenvalue weighted by atomic mass is 79.9. The second kappa shape index (κ2) is 3.56. The third-order valence-corrected chi connectivity index (χ3v) is 2.47. The molecule has 1 aromatic carbocycles. The molecule has 3 heteroatoms. The molecule has 2 aromatic rings. The molecule has 1 aromatic heterocycles. The summed E-state index contributed by atoms with van der Waals surface area (Å²) in [4.78, 5) is 0. The molecule has 2 nitrogen and oxygen atoms in total. The molecule has 0 aliphatic carbocycles. The number of anilines is 1. The number of halogens is 1. The summed E-state index contributed by atoms with van der Waals surface area (Å²) < 4.78 is 6.73. The summed E-state index contributed by atoms with van der Waals surface area (Å²) in [6.45, 7) is 6.32. The first kappa shape index (κ1) is 10.6. The minimum absolute atomic E-state index is 0.0190. The molecular weight excluding hydrogens is 254 g/mol. The fourth-order valence-corrected chi connectivity index (χ4v) is 1.82. The molecule has 15 heavy (non-hydrogen) atoms. The largest absolute Gasteiger partial charge is 0.441 e. The molecule has 0 spiro atoms. The molecule has 80 valence electrons. The van der Waals surface area contributed by atoms with Gasteiger partial charge in [0, 0.05) is 21.5 Å². The first-order valence-electron chi connectivity index (χ1n) is 4.91. The lowest BCUT2D eigenvalue weighted by Gasteiger charge is -2.19. The van der Waals surface area contributed by atoms with Gasteiger partial charge in [-0.15, -0.1) is 0 Å². The number of hydrogen-bond donors (Lipinski definition) is 1. The van der Waals surface area contributed by atoms with E-state index >= 15 is 0 Å². The number of rotatable bonds is 1. The van der Waals surface area contributed by atoms with Crippen molar-refractivity contribution < 1.29 is 4.42 Å². The van der Waals surface area contributed by atoms with E-state index in [0.717, 1.165) is 21.3 Å². The van der Waals surface area contributed by atoms with Gasteiger partial charge >= 0.3 is 0 Å². The Hall–Kier alpha value is -0.960. The van der Waals surface area contributed by atoms with Crippen molar-refractivity contribution in [3.05, 3.63) is 28.7 Å². The zero-order chi connectivity index (χ0) is 11.1. The van der Waals surface area contributed by atoms with E-state index in [1.807, 2.05) is 24.3 Å². The lowest BCUT2D eigenvalue weighted by Crippen LogP contribution is -2.25. The Morgan fingerprint density at radius 1 is 1.20 bits per heavy atom. The monoisotopic (exact) mass is 267 g/mol.